The van der Waals surface area contributed by atoms with Crippen LogP contribution in [0, 0.1) is 16.7 Å². The van der Waals surface area contributed by atoms with Gasteiger partial charge in [-0.3, -0.25) is 0 Å². The van der Waals surface area contributed by atoms with Crippen LogP contribution in [0.2, 0.25) is 5.02 Å². The maximum absolute atomic E-state index is 12.7. The minimum Gasteiger partial charge on any atom is -0.378 e. The predicted octanol–water partition coefficient (Wildman–Crippen LogP) is 3.28. The molecule has 28 heavy (non-hydrogen) atoms. The molecule has 0 bridgehead atoms. The molecule has 2 aliphatic heterocycles. The summed E-state index contributed by atoms with van der Waals surface area (Å²) in [6, 6.07) is 9.52. The van der Waals surface area contributed by atoms with Crippen LogP contribution in [0.5, 0.6) is 0 Å². The zero-order valence-electron chi connectivity index (χ0n) is 16.5. The lowest BCUT2D eigenvalue weighted by atomic mass is 9.77. The second kappa shape index (κ2) is 8.39. The first kappa shape index (κ1) is 21.7. The molecule has 2 saturated heterocycles. The SMILES string of the molecule is CC(C)(C)S(=O)N[C@H](CCC1(c2cccc(Cl)c2)OCCO1)C1(C#N)COC1. The number of nitriles is 1. The van der Waals surface area contributed by atoms with Gasteiger partial charge in [0.05, 0.1) is 48.2 Å². The lowest BCUT2D eigenvalue weighted by molar-refractivity contribution is -0.176. The summed E-state index contributed by atoms with van der Waals surface area (Å²) in [6.07, 6.45) is 1.06. The van der Waals surface area contributed by atoms with Gasteiger partial charge in [-0.2, -0.15) is 5.26 Å². The molecule has 3 rings (SSSR count). The normalized spacial score (nSPS) is 22.8. The number of ether oxygens (including phenoxy) is 3. The third kappa shape index (κ3) is 4.43. The van der Waals surface area contributed by atoms with E-state index in [4.69, 9.17) is 25.8 Å². The van der Waals surface area contributed by atoms with E-state index in [1.54, 1.807) is 6.07 Å². The van der Waals surface area contributed by atoms with Crippen LogP contribution in [0.15, 0.2) is 24.3 Å². The molecule has 0 aromatic heterocycles. The summed E-state index contributed by atoms with van der Waals surface area (Å²) in [7, 11) is -1.31. The first-order valence-electron chi connectivity index (χ1n) is 9.42. The minimum atomic E-state index is -1.31. The molecule has 6 nitrogen and oxygen atoms in total. The van der Waals surface area contributed by atoms with Gasteiger partial charge in [0.15, 0.2) is 5.79 Å². The first-order valence-corrected chi connectivity index (χ1v) is 10.9. The van der Waals surface area contributed by atoms with Gasteiger partial charge < -0.3 is 14.2 Å². The van der Waals surface area contributed by atoms with Crippen molar-refractivity contribution in [2.75, 3.05) is 26.4 Å². The van der Waals surface area contributed by atoms with E-state index in [0.29, 0.717) is 44.3 Å². The van der Waals surface area contributed by atoms with Crippen LogP contribution in [0.25, 0.3) is 0 Å². The zero-order valence-corrected chi connectivity index (χ0v) is 18.1. The molecule has 0 aliphatic carbocycles. The van der Waals surface area contributed by atoms with Gasteiger partial charge in [0.25, 0.3) is 0 Å². The lowest BCUT2D eigenvalue weighted by Crippen LogP contribution is -2.58. The van der Waals surface area contributed by atoms with Gasteiger partial charge in [0, 0.05) is 23.0 Å². The Hall–Kier alpha value is -1.01. The molecule has 1 N–H and O–H groups in total. The summed E-state index contributed by atoms with van der Waals surface area (Å²) in [4.78, 5) is 0. The van der Waals surface area contributed by atoms with E-state index in [2.05, 4.69) is 10.8 Å². The quantitative estimate of drug-likeness (QED) is 0.723. The fourth-order valence-corrected chi connectivity index (χ4v) is 4.54. The van der Waals surface area contributed by atoms with Crippen LogP contribution in [0.4, 0.5) is 0 Å². The number of nitrogens with one attached hydrogen (secondary N) is 1. The highest BCUT2D eigenvalue weighted by Crippen LogP contribution is 2.41. The first-order chi connectivity index (χ1) is 13.2. The second-order valence-electron chi connectivity index (χ2n) is 8.31. The Morgan fingerprint density at radius 2 is 2.00 bits per heavy atom. The standard InChI is InChI=1S/C20H27ClN2O4S/c1-18(2,3)28(24)23-17(19(12-22)13-25-14-19)7-8-20(26-9-10-27-20)15-5-4-6-16(21)11-15/h4-6,11,17,23H,7-10,13-14H2,1-3H3/t17-,28?/m1/s1. The van der Waals surface area contributed by atoms with Gasteiger partial charge in [-0.05, 0) is 39.3 Å². The van der Waals surface area contributed by atoms with Gasteiger partial charge >= 0.3 is 0 Å². The summed E-state index contributed by atoms with van der Waals surface area (Å²) in [5.74, 6) is -0.907. The smallest absolute Gasteiger partial charge is 0.195 e. The summed E-state index contributed by atoms with van der Waals surface area (Å²) in [5, 5.41) is 10.4. The Balaban J connectivity index is 1.82. The van der Waals surface area contributed by atoms with E-state index >= 15 is 0 Å². The van der Waals surface area contributed by atoms with Gasteiger partial charge in [0.1, 0.15) is 5.41 Å². The highest BCUT2D eigenvalue weighted by molar-refractivity contribution is 7.84. The predicted molar refractivity (Wildman–Crippen MR) is 108 cm³/mol. The average Bonchev–Trinajstić information content (AvgIpc) is 3.08. The fraction of sp³-hybridized carbons (Fsp3) is 0.650. The van der Waals surface area contributed by atoms with Crippen molar-refractivity contribution in [3.05, 3.63) is 34.9 Å². The maximum Gasteiger partial charge on any atom is 0.195 e. The van der Waals surface area contributed by atoms with Crippen molar-refractivity contribution in [3.63, 3.8) is 0 Å². The molecule has 154 valence electrons. The fourth-order valence-electron chi connectivity index (χ4n) is 3.39. The number of hydrogen-bond acceptors (Lipinski definition) is 5. The largest absolute Gasteiger partial charge is 0.378 e. The number of nitrogens with zero attached hydrogens (tertiary/aromatic N) is 1. The van der Waals surface area contributed by atoms with Crippen molar-refractivity contribution >= 4 is 22.6 Å². The molecule has 2 aliphatic rings. The topological polar surface area (TPSA) is 80.6 Å². The molecule has 2 heterocycles. The van der Waals surface area contributed by atoms with E-state index in [9.17, 15) is 9.47 Å². The van der Waals surface area contributed by atoms with Crippen molar-refractivity contribution in [2.45, 2.75) is 50.2 Å². The van der Waals surface area contributed by atoms with Crippen LogP contribution in [-0.2, 0) is 31.0 Å². The Morgan fingerprint density at radius 1 is 1.32 bits per heavy atom. The van der Waals surface area contributed by atoms with E-state index < -0.39 is 26.9 Å². The minimum absolute atomic E-state index is 0.310. The highest BCUT2D eigenvalue weighted by Gasteiger charge is 2.49. The highest BCUT2D eigenvalue weighted by atomic mass is 35.5. The Morgan fingerprint density at radius 3 is 2.50 bits per heavy atom. The molecule has 0 radical (unpaired) electrons. The van der Waals surface area contributed by atoms with Crippen molar-refractivity contribution in [1.82, 2.24) is 4.72 Å². The molecule has 1 unspecified atom stereocenters. The van der Waals surface area contributed by atoms with E-state index in [-0.39, 0.29) is 6.04 Å². The monoisotopic (exact) mass is 426 g/mol. The van der Waals surface area contributed by atoms with Gasteiger partial charge in [-0.25, -0.2) is 8.93 Å². The van der Waals surface area contributed by atoms with Crippen molar-refractivity contribution < 1.29 is 18.4 Å². The molecule has 0 saturated carbocycles. The number of hydrogen-bond donors (Lipinski definition) is 1. The van der Waals surface area contributed by atoms with Crippen LogP contribution < -0.4 is 4.72 Å². The van der Waals surface area contributed by atoms with Crippen LogP contribution in [-0.4, -0.2) is 41.4 Å². The van der Waals surface area contributed by atoms with Crippen LogP contribution in [0.1, 0.15) is 39.2 Å². The van der Waals surface area contributed by atoms with Crippen LogP contribution >= 0.6 is 11.6 Å². The van der Waals surface area contributed by atoms with Crippen molar-refractivity contribution in [3.8, 4) is 6.07 Å². The molecule has 0 spiro atoms. The van der Waals surface area contributed by atoms with E-state index in [1.165, 1.54) is 0 Å². The Kier molecular flexibility index (Phi) is 6.50. The number of halogens is 1. The van der Waals surface area contributed by atoms with E-state index in [0.717, 1.165) is 5.56 Å². The lowest BCUT2D eigenvalue weighted by Gasteiger charge is -2.43. The summed E-state index contributed by atoms with van der Waals surface area (Å²) in [5.41, 5.74) is 0.152. The van der Waals surface area contributed by atoms with Crippen molar-refractivity contribution in [2.24, 2.45) is 5.41 Å². The van der Waals surface area contributed by atoms with Gasteiger partial charge in [-0.15, -0.1) is 0 Å². The van der Waals surface area contributed by atoms with Crippen molar-refractivity contribution in [1.29, 1.82) is 5.26 Å². The maximum atomic E-state index is 12.7. The average molecular weight is 427 g/mol. The molecule has 8 heteroatoms. The van der Waals surface area contributed by atoms with Gasteiger partial charge in [-0.1, -0.05) is 23.7 Å². The second-order valence-corrected chi connectivity index (χ2v) is 10.7. The number of benzene rings is 1. The zero-order chi connectivity index (χ0) is 20.4. The summed E-state index contributed by atoms with van der Waals surface area (Å²) >= 11 is 6.17. The molecular weight excluding hydrogens is 400 g/mol. The van der Waals surface area contributed by atoms with Gasteiger partial charge in [0.2, 0.25) is 0 Å². The molecule has 2 atom stereocenters. The third-order valence-corrected chi connectivity index (χ3v) is 7.04. The molecule has 1 aromatic carbocycles. The van der Waals surface area contributed by atoms with Crippen LogP contribution in [0.3, 0.4) is 0 Å². The molecular formula is C20H27ClN2O4S. The third-order valence-electron chi connectivity index (χ3n) is 5.19. The summed E-state index contributed by atoms with van der Waals surface area (Å²) in [6.45, 7) is 7.35. The van der Waals surface area contributed by atoms with E-state index in [1.807, 2.05) is 39.0 Å². The Bertz CT molecular complexity index is 764. The molecule has 0 amide bonds. The Labute approximate surface area is 174 Å². The number of rotatable bonds is 7. The molecule has 1 aromatic rings. The molecule has 2 fully saturated rings. The summed E-state index contributed by atoms with van der Waals surface area (Å²) < 4.78 is 32.8.